The smallest absolute Gasteiger partial charge is 0.319 e. The summed E-state index contributed by atoms with van der Waals surface area (Å²) in [5, 5.41) is 8.54. The molecule has 1 rings (SSSR count). The minimum absolute atomic E-state index is 0.0225. The van der Waals surface area contributed by atoms with E-state index < -0.39 is 5.97 Å². The molecule has 0 atom stereocenters. The van der Waals surface area contributed by atoms with E-state index in [9.17, 15) is 14.0 Å². The predicted octanol–water partition coefficient (Wildman–Crippen LogP) is 2.17. The molecule has 0 heterocycles. The quantitative estimate of drug-likeness (QED) is 0.870. The van der Waals surface area contributed by atoms with Gasteiger partial charge in [-0.25, -0.2) is 9.18 Å². The van der Waals surface area contributed by atoms with Crippen molar-refractivity contribution in [2.75, 3.05) is 20.6 Å². The molecular formula is C14H19FN2O3. The number of amides is 2. The van der Waals surface area contributed by atoms with Gasteiger partial charge in [-0.2, -0.15) is 0 Å². The normalized spacial score (nSPS) is 10.2. The van der Waals surface area contributed by atoms with Crippen LogP contribution in [0.3, 0.4) is 0 Å². The van der Waals surface area contributed by atoms with E-state index in [-0.39, 0.29) is 24.8 Å². The van der Waals surface area contributed by atoms with Gasteiger partial charge >= 0.3 is 12.0 Å². The molecule has 5 nitrogen and oxygen atoms in total. The lowest BCUT2D eigenvalue weighted by molar-refractivity contribution is -0.137. The molecular weight excluding hydrogens is 263 g/mol. The van der Waals surface area contributed by atoms with Crippen LogP contribution in [-0.4, -0.2) is 47.5 Å². The highest BCUT2D eigenvalue weighted by Crippen LogP contribution is 2.10. The Morgan fingerprint density at radius 2 is 1.85 bits per heavy atom. The van der Waals surface area contributed by atoms with Crippen molar-refractivity contribution in [2.45, 2.75) is 19.4 Å². The number of carbonyl (C=O) groups excluding carboxylic acids is 1. The molecule has 0 spiro atoms. The molecule has 0 unspecified atom stereocenters. The maximum absolute atomic E-state index is 13.5. The molecule has 6 heteroatoms. The topological polar surface area (TPSA) is 60.9 Å². The number of urea groups is 1. The first-order chi connectivity index (χ1) is 9.41. The Morgan fingerprint density at radius 1 is 1.20 bits per heavy atom. The molecule has 0 aliphatic heterocycles. The average Bonchev–Trinajstić information content (AvgIpc) is 2.39. The molecule has 0 saturated heterocycles. The van der Waals surface area contributed by atoms with Crippen molar-refractivity contribution in [1.82, 2.24) is 9.80 Å². The number of benzene rings is 1. The van der Waals surface area contributed by atoms with Crippen molar-refractivity contribution < 1.29 is 19.1 Å². The maximum atomic E-state index is 13.5. The van der Waals surface area contributed by atoms with E-state index in [0.29, 0.717) is 18.5 Å². The first-order valence-corrected chi connectivity index (χ1v) is 6.33. The number of rotatable bonds is 6. The first-order valence-electron chi connectivity index (χ1n) is 6.33. The van der Waals surface area contributed by atoms with Crippen molar-refractivity contribution in [2.24, 2.45) is 0 Å². The van der Waals surface area contributed by atoms with Crippen molar-refractivity contribution >= 4 is 12.0 Å². The van der Waals surface area contributed by atoms with Crippen LogP contribution in [0, 0.1) is 5.82 Å². The largest absolute Gasteiger partial charge is 0.481 e. The second-order valence-corrected chi connectivity index (χ2v) is 4.65. The molecule has 0 aliphatic rings. The Kier molecular flexibility index (Phi) is 5.96. The van der Waals surface area contributed by atoms with Gasteiger partial charge in [-0.05, 0) is 12.5 Å². The van der Waals surface area contributed by atoms with Gasteiger partial charge in [0.1, 0.15) is 5.82 Å². The van der Waals surface area contributed by atoms with Gasteiger partial charge in [0.2, 0.25) is 0 Å². The monoisotopic (exact) mass is 282 g/mol. The molecule has 2 amide bonds. The fraction of sp³-hybridized carbons (Fsp3) is 0.429. The van der Waals surface area contributed by atoms with Crippen LogP contribution in [-0.2, 0) is 11.3 Å². The van der Waals surface area contributed by atoms with E-state index in [0.717, 1.165) is 0 Å². The summed E-state index contributed by atoms with van der Waals surface area (Å²) < 4.78 is 13.5. The van der Waals surface area contributed by atoms with E-state index >= 15 is 0 Å². The Bertz CT molecular complexity index is 479. The van der Waals surface area contributed by atoms with Crippen LogP contribution in [0.1, 0.15) is 18.4 Å². The minimum atomic E-state index is -0.884. The highest BCUT2D eigenvalue weighted by Gasteiger charge is 2.15. The summed E-state index contributed by atoms with van der Waals surface area (Å²) in [6, 6.07) is 6.03. The summed E-state index contributed by atoms with van der Waals surface area (Å²) in [5.74, 6) is -1.23. The number of carboxylic acid groups (broad SMARTS) is 1. The standard InChI is InChI=1S/C14H19FN2O3/c1-16(9-5-8-13(18)19)14(20)17(2)10-11-6-3-4-7-12(11)15/h3-4,6-7H,5,8-10H2,1-2H3,(H,18,19). The van der Waals surface area contributed by atoms with Crippen LogP contribution in [0.25, 0.3) is 0 Å². The molecule has 110 valence electrons. The lowest BCUT2D eigenvalue weighted by atomic mass is 10.2. The van der Waals surface area contributed by atoms with Crippen LogP contribution >= 0.6 is 0 Å². The van der Waals surface area contributed by atoms with Crippen molar-refractivity contribution in [3.63, 3.8) is 0 Å². The maximum Gasteiger partial charge on any atom is 0.319 e. The summed E-state index contributed by atoms with van der Waals surface area (Å²) in [5.41, 5.74) is 0.447. The lowest BCUT2D eigenvalue weighted by Gasteiger charge is -2.25. The third kappa shape index (κ3) is 4.87. The second-order valence-electron chi connectivity index (χ2n) is 4.65. The summed E-state index contributed by atoms with van der Waals surface area (Å²) >= 11 is 0. The molecule has 1 N–H and O–H groups in total. The molecule has 20 heavy (non-hydrogen) atoms. The van der Waals surface area contributed by atoms with Crippen LogP contribution < -0.4 is 0 Å². The van der Waals surface area contributed by atoms with Crippen molar-refractivity contribution in [1.29, 1.82) is 0 Å². The molecule has 0 aliphatic carbocycles. The van der Waals surface area contributed by atoms with Crippen molar-refractivity contribution in [3.8, 4) is 0 Å². The zero-order chi connectivity index (χ0) is 15.1. The zero-order valence-electron chi connectivity index (χ0n) is 11.7. The number of hydrogen-bond acceptors (Lipinski definition) is 2. The molecule has 1 aromatic rings. The number of carboxylic acids is 1. The van der Waals surface area contributed by atoms with Gasteiger partial charge < -0.3 is 14.9 Å². The Balaban J connectivity index is 2.50. The third-order valence-corrected chi connectivity index (χ3v) is 2.90. The summed E-state index contributed by atoms with van der Waals surface area (Å²) in [4.78, 5) is 25.3. The fourth-order valence-corrected chi connectivity index (χ4v) is 1.80. The molecule has 0 saturated carbocycles. The van der Waals surface area contributed by atoms with Crippen molar-refractivity contribution in [3.05, 3.63) is 35.6 Å². The van der Waals surface area contributed by atoms with E-state index in [2.05, 4.69) is 0 Å². The highest BCUT2D eigenvalue weighted by atomic mass is 19.1. The molecule has 0 radical (unpaired) electrons. The summed E-state index contributed by atoms with van der Waals surface area (Å²) in [7, 11) is 3.19. The highest BCUT2D eigenvalue weighted by molar-refractivity contribution is 5.74. The molecule has 0 aromatic heterocycles. The Morgan fingerprint density at radius 3 is 2.45 bits per heavy atom. The average molecular weight is 282 g/mol. The fourth-order valence-electron chi connectivity index (χ4n) is 1.80. The molecule has 0 bridgehead atoms. The number of halogens is 1. The van der Waals surface area contributed by atoms with Crippen LogP contribution in [0.5, 0.6) is 0 Å². The predicted molar refractivity (Wildman–Crippen MR) is 72.8 cm³/mol. The van der Waals surface area contributed by atoms with Gasteiger partial charge in [-0.1, -0.05) is 18.2 Å². The van der Waals surface area contributed by atoms with Gasteiger partial charge in [-0.15, -0.1) is 0 Å². The van der Waals surface area contributed by atoms with Gasteiger partial charge in [0.05, 0.1) is 0 Å². The minimum Gasteiger partial charge on any atom is -0.481 e. The Hall–Kier alpha value is -2.11. The second kappa shape index (κ2) is 7.47. The van der Waals surface area contributed by atoms with E-state index in [1.54, 1.807) is 32.3 Å². The van der Waals surface area contributed by atoms with Crippen LogP contribution in [0.4, 0.5) is 9.18 Å². The van der Waals surface area contributed by atoms with E-state index in [1.165, 1.54) is 15.9 Å². The lowest BCUT2D eigenvalue weighted by Crippen LogP contribution is -2.39. The molecule has 0 fully saturated rings. The van der Waals surface area contributed by atoms with Gasteiger partial charge in [0.25, 0.3) is 0 Å². The molecule has 1 aromatic carbocycles. The third-order valence-electron chi connectivity index (χ3n) is 2.90. The number of nitrogens with zero attached hydrogens (tertiary/aromatic N) is 2. The van der Waals surface area contributed by atoms with Gasteiger partial charge in [-0.3, -0.25) is 4.79 Å². The van der Waals surface area contributed by atoms with Gasteiger partial charge in [0.15, 0.2) is 0 Å². The van der Waals surface area contributed by atoms with Gasteiger partial charge in [0, 0.05) is 39.2 Å². The Labute approximate surface area is 117 Å². The number of hydrogen-bond donors (Lipinski definition) is 1. The zero-order valence-corrected chi connectivity index (χ0v) is 11.7. The van der Waals surface area contributed by atoms with Crippen LogP contribution in [0.15, 0.2) is 24.3 Å². The number of carbonyl (C=O) groups is 2. The number of aliphatic carboxylic acids is 1. The SMILES string of the molecule is CN(CCCC(=O)O)C(=O)N(C)Cc1ccccc1F. The van der Waals surface area contributed by atoms with E-state index in [4.69, 9.17) is 5.11 Å². The summed E-state index contributed by atoms with van der Waals surface area (Å²) in [6.07, 6.45) is 0.416. The first kappa shape index (κ1) is 15.9. The van der Waals surface area contributed by atoms with Crippen LogP contribution in [0.2, 0.25) is 0 Å². The van der Waals surface area contributed by atoms with E-state index in [1.807, 2.05) is 0 Å². The summed E-state index contributed by atoms with van der Waals surface area (Å²) in [6.45, 7) is 0.529.